The summed E-state index contributed by atoms with van der Waals surface area (Å²) in [6.45, 7) is 3.89. The van der Waals surface area contributed by atoms with Gasteiger partial charge in [0.25, 0.3) is 5.89 Å². The Hall–Kier alpha value is -2.13. The molecule has 18 heavy (non-hydrogen) atoms. The predicted octanol–water partition coefficient (Wildman–Crippen LogP) is 2.21. The number of aromatic amines is 1. The normalized spacial score (nSPS) is 14.1. The van der Waals surface area contributed by atoms with E-state index in [0.717, 1.165) is 6.42 Å². The molecule has 0 radical (unpaired) electrons. The summed E-state index contributed by atoms with van der Waals surface area (Å²) in [7, 11) is 1.61. The number of nitriles is 1. The van der Waals surface area contributed by atoms with Crippen LogP contribution in [0.3, 0.4) is 0 Å². The summed E-state index contributed by atoms with van der Waals surface area (Å²) in [4.78, 5) is 7.21. The molecule has 94 valence electrons. The summed E-state index contributed by atoms with van der Waals surface area (Å²) in [5, 5.41) is 12.7. The number of hydrogen-bond acceptors (Lipinski definition) is 5. The number of nitrogens with one attached hydrogen (secondary N) is 1. The molecule has 6 heteroatoms. The molecule has 0 bridgehead atoms. The lowest BCUT2D eigenvalue weighted by molar-refractivity contribution is -0.0106. The highest BCUT2D eigenvalue weighted by Gasteiger charge is 2.30. The van der Waals surface area contributed by atoms with Gasteiger partial charge in [-0.15, -0.1) is 0 Å². The minimum Gasteiger partial charge on any atom is -0.370 e. The van der Waals surface area contributed by atoms with Crippen LogP contribution in [0.15, 0.2) is 16.8 Å². The maximum atomic E-state index is 8.75. The third kappa shape index (κ3) is 2.00. The maximum Gasteiger partial charge on any atom is 0.274 e. The number of methoxy groups -OCH3 is 1. The van der Waals surface area contributed by atoms with Gasteiger partial charge in [-0.05, 0) is 19.4 Å². The van der Waals surface area contributed by atoms with Crippen molar-refractivity contribution in [2.75, 3.05) is 7.11 Å². The summed E-state index contributed by atoms with van der Waals surface area (Å²) in [5.41, 5.74) is 0.585. The van der Waals surface area contributed by atoms with Gasteiger partial charge in [0.2, 0.25) is 5.82 Å². The van der Waals surface area contributed by atoms with E-state index in [0.29, 0.717) is 23.0 Å². The van der Waals surface area contributed by atoms with E-state index in [1.165, 1.54) is 0 Å². The third-order valence-corrected chi connectivity index (χ3v) is 3.07. The Kier molecular flexibility index (Phi) is 3.17. The molecule has 0 fully saturated rings. The highest BCUT2D eigenvalue weighted by Crippen LogP contribution is 2.27. The lowest BCUT2D eigenvalue weighted by atomic mass is 10.0. The summed E-state index contributed by atoms with van der Waals surface area (Å²) >= 11 is 0. The Morgan fingerprint density at radius 2 is 2.39 bits per heavy atom. The van der Waals surface area contributed by atoms with E-state index < -0.39 is 5.60 Å². The van der Waals surface area contributed by atoms with Gasteiger partial charge in [0.15, 0.2) is 0 Å². The Morgan fingerprint density at radius 1 is 1.61 bits per heavy atom. The van der Waals surface area contributed by atoms with Gasteiger partial charge >= 0.3 is 0 Å². The molecule has 2 aromatic heterocycles. The number of hydrogen-bond donors (Lipinski definition) is 1. The number of H-pyrrole nitrogens is 1. The van der Waals surface area contributed by atoms with Gasteiger partial charge in [-0.3, -0.25) is 0 Å². The summed E-state index contributed by atoms with van der Waals surface area (Å²) in [5.74, 6) is 0.846. The van der Waals surface area contributed by atoms with E-state index in [9.17, 15) is 0 Å². The Labute approximate surface area is 105 Å². The highest BCUT2D eigenvalue weighted by atomic mass is 16.5. The molecule has 1 N–H and O–H groups in total. The van der Waals surface area contributed by atoms with Crippen LogP contribution in [-0.2, 0) is 10.3 Å². The lowest BCUT2D eigenvalue weighted by Crippen LogP contribution is -2.24. The van der Waals surface area contributed by atoms with Crippen molar-refractivity contribution < 1.29 is 9.26 Å². The second kappa shape index (κ2) is 4.63. The second-order valence-corrected chi connectivity index (χ2v) is 4.13. The fourth-order valence-corrected chi connectivity index (χ4v) is 1.52. The summed E-state index contributed by atoms with van der Waals surface area (Å²) in [6.07, 6.45) is 2.32. The quantitative estimate of drug-likeness (QED) is 0.893. The van der Waals surface area contributed by atoms with Crippen molar-refractivity contribution in [1.29, 1.82) is 5.26 Å². The van der Waals surface area contributed by atoms with Crippen molar-refractivity contribution in [1.82, 2.24) is 15.1 Å². The molecule has 0 aliphatic heterocycles. The molecular weight excluding hydrogens is 232 g/mol. The van der Waals surface area contributed by atoms with Crippen LogP contribution in [0, 0.1) is 11.3 Å². The van der Waals surface area contributed by atoms with Crippen LogP contribution in [0.4, 0.5) is 0 Å². The summed E-state index contributed by atoms with van der Waals surface area (Å²) in [6, 6.07) is 3.69. The first-order valence-electron chi connectivity index (χ1n) is 5.61. The zero-order valence-corrected chi connectivity index (χ0v) is 10.5. The molecule has 2 aromatic rings. The minimum absolute atomic E-state index is 0.350. The number of aromatic nitrogens is 3. The van der Waals surface area contributed by atoms with Crippen molar-refractivity contribution in [2.45, 2.75) is 25.9 Å². The van der Waals surface area contributed by atoms with Gasteiger partial charge in [0.1, 0.15) is 17.4 Å². The maximum absolute atomic E-state index is 8.75. The van der Waals surface area contributed by atoms with Gasteiger partial charge in [-0.1, -0.05) is 12.1 Å². The number of rotatable bonds is 4. The minimum atomic E-state index is -0.563. The predicted molar refractivity (Wildman–Crippen MR) is 63.5 cm³/mol. The molecule has 6 nitrogen and oxygen atoms in total. The first-order valence-corrected chi connectivity index (χ1v) is 5.61. The highest BCUT2D eigenvalue weighted by molar-refractivity contribution is 5.51. The third-order valence-electron chi connectivity index (χ3n) is 3.07. The molecule has 0 amide bonds. The van der Waals surface area contributed by atoms with Crippen molar-refractivity contribution in [3.05, 3.63) is 23.7 Å². The van der Waals surface area contributed by atoms with E-state index in [4.69, 9.17) is 14.5 Å². The number of ether oxygens (including phenoxy) is 1. The summed E-state index contributed by atoms with van der Waals surface area (Å²) < 4.78 is 10.6. The largest absolute Gasteiger partial charge is 0.370 e. The van der Waals surface area contributed by atoms with Crippen molar-refractivity contribution >= 4 is 0 Å². The second-order valence-electron chi connectivity index (χ2n) is 4.13. The zero-order valence-electron chi connectivity index (χ0n) is 10.5. The molecular formula is C12H14N4O2. The monoisotopic (exact) mass is 246 g/mol. The van der Waals surface area contributed by atoms with Crippen LogP contribution in [-0.4, -0.2) is 22.2 Å². The van der Waals surface area contributed by atoms with Crippen LogP contribution in [0.2, 0.25) is 0 Å². The van der Waals surface area contributed by atoms with E-state index in [1.54, 1.807) is 19.4 Å². The molecule has 0 aliphatic rings. The zero-order chi connectivity index (χ0) is 13.2. The first-order chi connectivity index (χ1) is 8.62. The average molecular weight is 246 g/mol. The molecule has 0 aliphatic carbocycles. The Morgan fingerprint density at radius 3 is 2.94 bits per heavy atom. The SMILES string of the molecule is CCC(C)(OC)c1noc(-c2cc(C#N)c[nH]2)n1. The average Bonchev–Trinajstić information content (AvgIpc) is 3.05. The smallest absolute Gasteiger partial charge is 0.274 e. The molecule has 0 aromatic carbocycles. The van der Waals surface area contributed by atoms with Gasteiger partial charge in [0.05, 0.1) is 5.56 Å². The number of nitrogens with zero attached hydrogens (tertiary/aromatic N) is 3. The fraction of sp³-hybridized carbons (Fsp3) is 0.417. The van der Waals surface area contributed by atoms with E-state index >= 15 is 0 Å². The molecule has 0 saturated carbocycles. The topological polar surface area (TPSA) is 87.7 Å². The van der Waals surface area contributed by atoms with Crippen LogP contribution in [0.5, 0.6) is 0 Å². The molecule has 1 atom stereocenters. The molecule has 0 spiro atoms. The van der Waals surface area contributed by atoms with Gasteiger partial charge in [0, 0.05) is 13.3 Å². The Balaban J connectivity index is 2.33. The van der Waals surface area contributed by atoms with Crippen molar-refractivity contribution in [3.8, 4) is 17.7 Å². The van der Waals surface area contributed by atoms with Crippen LogP contribution in [0.25, 0.3) is 11.6 Å². The Bertz CT molecular complexity index is 575. The van der Waals surface area contributed by atoms with Crippen LogP contribution in [0.1, 0.15) is 31.7 Å². The first kappa shape index (κ1) is 12.3. The van der Waals surface area contributed by atoms with Crippen LogP contribution >= 0.6 is 0 Å². The van der Waals surface area contributed by atoms with Gasteiger partial charge in [-0.2, -0.15) is 10.2 Å². The van der Waals surface area contributed by atoms with Crippen molar-refractivity contribution in [3.63, 3.8) is 0 Å². The lowest BCUT2D eigenvalue weighted by Gasteiger charge is -2.21. The molecule has 2 heterocycles. The standard InChI is InChI=1S/C12H14N4O2/c1-4-12(2,17-3)11-15-10(18-16-11)9-5-8(6-13)7-14-9/h5,7,14H,4H2,1-3H3. The van der Waals surface area contributed by atoms with Crippen molar-refractivity contribution in [2.24, 2.45) is 0 Å². The van der Waals surface area contributed by atoms with E-state index in [1.807, 2.05) is 19.9 Å². The van der Waals surface area contributed by atoms with E-state index in [2.05, 4.69) is 15.1 Å². The molecule has 0 saturated heterocycles. The fourth-order valence-electron chi connectivity index (χ4n) is 1.52. The van der Waals surface area contributed by atoms with Crippen LogP contribution < -0.4 is 0 Å². The molecule has 1 unspecified atom stereocenters. The molecule has 2 rings (SSSR count). The van der Waals surface area contributed by atoms with E-state index in [-0.39, 0.29) is 0 Å². The van der Waals surface area contributed by atoms with Gasteiger partial charge < -0.3 is 14.2 Å². The van der Waals surface area contributed by atoms with Gasteiger partial charge in [-0.25, -0.2) is 0 Å².